The lowest BCUT2D eigenvalue weighted by molar-refractivity contribution is 0.214. The third kappa shape index (κ3) is 4.84. The zero-order chi connectivity index (χ0) is 11.4. The van der Waals surface area contributed by atoms with Crippen molar-refractivity contribution in [2.45, 2.75) is 45.4 Å². The summed E-state index contributed by atoms with van der Waals surface area (Å²) in [6.07, 6.45) is 8.44. The molecule has 0 spiro atoms. The van der Waals surface area contributed by atoms with Crippen molar-refractivity contribution in [2.75, 3.05) is 26.2 Å². The van der Waals surface area contributed by atoms with Crippen LogP contribution in [0.4, 0.5) is 0 Å². The van der Waals surface area contributed by atoms with Crippen LogP contribution in [0.2, 0.25) is 0 Å². The van der Waals surface area contributed by atoms with E-state index in [4.69, 9.17) is 5.73 Å². The van der Waals surface area contributed by atoms with Gasteiger partial charge in [0.2, 0.25) is 0 Å². The van der Waals surface area contributed by atoms with Crippen molar-refractivity contribution in [3.63, 3.8) is 0 Å². The Morgan fingerprint density at radius 1 is 1.12 bits per heavy atom. The molecule has 0 saturated heterocycles. The van der Waals surface area contributed by atoms with E-state index in [2.05, 4.69) is 11.8 Å². The maximum Gasteiger partial charge on any atom is 0.000989 e. The smallest absolute Gasteiger partial charge is 0.000989 e. The van der Waals surface area contributed by atoms with E-state index in [-0.39, 0.29) is 0 Å². The summed E-state index contributed by atoms with van der Waals surface area (Å²) in [4.78, 5) is 2.75. The topological polar surface area (TPSA) is 29.3 Å². The molecule has 0 heterocycles. The van der Waals surface area contributed by atoms with Crippen LogP contribution in [0, 0.1) is 17.8 Å². The van der Waals surface area contributed by atoms with Gasteiger partial charge in [0.25, 0.3) is 0 Å². The second-order valence-electron chi connectivity index (χ2n) is 6.14. The van der Waals surface area contributed by atoms with E-state index in [1.54, 1.807) is 0 Å². The zero-order valence-electron chi connectivity index (χ0n) is 10.8. The minimum absolute atomic E-state index is 0.834. The molecule has 0 aliphatic heterocycles. The molecule has 2 rings (SSSR count). The fourth-order valence-corrected chi connectivity index (χ4v) is 2.55. The van der Waals surface area contributed by atoms with Crippen LogP contribution in [0.15, 0.2) is 0 Å². The van der Waals surface area contributed by atoms with Gasteiger partial charge in [-0.3, -0.25) is 0 Å². The first kappa shape index (κ1) is 12.4. The summed E-state index contributed by atoms with van der Waals surface area (Å²) in [5.74, 6) is 2.92. The normalized spacial score (nSPS) is 22.7. The molecule has 0 aromatic rings. The molecule has 16 heavy (non-hydrogen) atoms. The van der Waals surface area contributed by atoms with Crippen molar-refractivity contribution >= 4 is 0 Å². The Bertz CT molecular complexity index is 183. The largest absolute Gasteiger partial charge is 0.330 e. The maximum atomic E-state index is 5.58. The Balaban J connectivity index is 1.66. The summed E-state index contributed by atoms with van der Waals surface area (Å²) in [5.41, 5.74) is 5.58. The molecule has 1 atom stereocenters. The summed E-state index contributed by atoms with van der Waals surface area (Å²) in [7, 11) is 0. The summed E-state index contributed by atoms with van der Waals surface area (Å²) >= 11 is 0. The molecule has 0 aromatic carbocycles. The van der Waals surface area contributed by atoms with Gasteiger partial charge in [-0.25, -0.2) is 0 Å². The number of rotatable bonds is 9. The fraction of sp³-hybridized carbons (Fsp3) is 1.00. The third-order valence-corrected chi connectivity index (χ3v) is 3.90. The highest BCUT2D eigenvalue weighted by Gasteiger charge is 2.29. The summed E-state index contributed by atoms with van der Waals surface area (Å²) in [5, 5.41) is 0. The Hall–Kier alpha value is -0.0800. The van der Waals surface area contributed by atoms with Crippen molar-refractivity contribution < 1.29 is 0 Å². The van der Waals surface area contributed by atoms with E-state index in [1.165, 1.54) is 58.2 Å². The molecule has 2 N–H and O–H groups in total. The second kappa shape index (κ2) is 6.02. The number of nitrogens with zero attached hydrogens (tertiary/aromatic N) is 1. The van der Waals surface area contributed by atoms with Crippen LogP contribution in [-0.2, 0) is 0 Å². The molecule has 2 nitrogen and oxygen atoms in total. The molecule has 94 valence electrons. The first-order valence-corrected chi connectivity index (χ1v) is 7.20. The number of nitrogens with two attached hydrogens (primary N) is 1. The van der Waals surface area contributed by atoms with E-state index >= 15 is 0 Å². The molecular formula is C14H28N2. The van der Waals surface area contributed by atoms with Gasteiger partial charge >= 0.3 is 0 Å². The van der Waals surface area contributed by atoms with Crippen LogP contribution in [0.5, 0.6) is 0 Å². The molecule has 2 fully saturated rings. The summed E-state index contributed by atoms with van der Waals surface area (Å²) in [6.45, 7) is 7.32. The number of hydrogen-bond acceptors (Lipinski definition) is 2. The quantitative estimate of drug-likeness (QED) is 0.652. The van der Waals surface area contributed by atoms with Crippen LogP contribution >= 0.6 is 0 Å². The minimum atomic E-state index is 0.834. The van der Waals surface area contributed by atoms with Crippen LogP contribution in [0.25, 0.3) is 0 Å². The van der Waals surface area contributed by atoms with E-state index in [0.717, 1.165) is 24.3 Å². The van der Waals surface area contributed by atoms with Crippen molar-refractivity contribution in [3.8, 4) is 0 Å². The van der Waals surface area contributed by atoms with Gasteiger partial charge in [0, 0.05) is 19.6 Å². The van der Waals surface area contributed by atoms with Crippen LogP contribution in [0.1, 0.15) is 45.4 Å². The SMILES string of the molecule is CC(CCCN)CN(CC1CC1)CC1CC1. The van der Waals surface area contributed by atoms with Gasteiger partial charge in [-0.05, 0) is 62.8 Å². The van der Waals surface area contributed by atoms with Gasteiger partial charge in [0.05, 0.1) is 0 Å². The highest BCUT2D eigenvalue weighted by Crippen LogP contribution is 2.34. The lowest BCUT2D eigenvalue weighted by Gasteiger charge is -2.25. The standard InChI is InChI=1S/C14H28N2/c1-12(3-2-8-15)9-16(10-13-4-5-13)11-14-6-7-14/h12-14H,2-11,15H2,1H3. The summed E-state index contributed by atoms with van der Waals surface area (Å²) in [6, 6.07) is 0. The average Bonchev–Trinajstić information content (AvgIpc) is 3.10. The molecule has 2 saturated carbocycles. The van der Waals surface area contributed by atoms with Gasteiger partial charge in [-0.15, -0.1) is 0 Å². The van der Waals surface area contributed by atoms with E-state index in [0.29, 0.717) is 0 Å². The Kier molecular flexibility index (Phi) is 4.66. The fourth-order valence-electron chi connectivity index (χ4n) is 2.55. The van der Waals surface area contributed by atoms with Crippen molar-refractivity contribution in [3.05, 3.63) is 0 Å². The molecule has 1 unspecified atom stereocenters. The molecule has 0 amide bonds. The van der Waals surface area contributed by atoms with Crippen LogP contribution in [-0.4, -0.2) is 31.1 Å². The molecular weight excluding hydrogens is 196 g/mol. The molecule has 2 heteroatoms. The van der Waals surface area contributed by atoms with E-state index < -0.39 is 0 Å². The molecule has 0 bridgehead atoms. The molecule has 2 aliphatic rings. The van der Waals surface area contributed by atoms with Gasteiger partial charge in [0.15, 0.2) is 0 Å². The Morgan fingerprint density at radius 2 is 1.69 bits per heavy atom. The Morgan fingerprint density at radius 3 is 2.12 bits per heavy atom. The highest BCUT2D eigenvalue weighted by atomic mass is 15.1. The minimum Gasteiger partial charge on any atom is -0.330 e. The van der Waals surface area contributed by atoms with E-state index in [1.807, 2.05) is 0 Å². The highest BCUT2D eigenvalue weighted by molar-refractivity contribution is 4.82. The van der Waals surface area contributed by atoms with Gasteiger partial charge in [0.1, 0.15) is 0 Å². The average molecular weight is 224 g/mol. The molecule has 0 aromatic heterocycles. The van der Waals surface area contributed by atoms with Crippen LogP contribution < -0.4 is 5.73 Å². The van der Waals surface area contributed by atoms with Gasteiger partial charge in [-0.2, -0.15) is 0 Å². The number of hydrogen-bond donors (Lipinski definition) is 1. The maximum absolute atomic E-state index is 5.58. The summed E-state index contributed by atoms with van der Waals surface area (Å²) < 4.78 is 0. The third-order valence-electron chi connectivity index (χ3n) is 3.90. The first-order chi connectivity index (χ1) is 7.78. The van der Waals surface area contributed by atoms with Crippen molar-refractivity contribution in [1.29, 1.82) is 0 Å². The van der Waals surface area contributed by atoms with Gasteiger partial charge < -0.3 is 10.6 Å². The monoisotopic (exact) mass is 224 g/mol. The van der Waals surface area contributed by atoms with Crippen molar-refractivity contribution in [2.24, 2.45) is 23.5 Å². The lowest BCUT2D eigenvalue weighted by Crippen LogP contribution is -2.32. The molecule has 0 radical (unpaired) electrons. The second-order valence-corrected chi connectivity index (χ2v) is 6.14. The Labute approximate surface area is 101 Å². The van der Waals surface area contributed by atoms with Crippen molar-refractivity contribution in [1.82, 2.24) is 4.90 Å². The predicted molar refractivity (Wildman–Crippen MR) is 69.3 cm³/mol. The van der Waals surface area contributed by atoms with Gasteiger partial charge in [-0.1, -0.05) is 6.92 Å². The van der Waals surface area contributed by atoms with E-state index in [9.17, 15) is 0 Å². The first-order valence-electron chi connectivity index (χ1n) is 7.20. The predicted octanol–water partition coefficient (Wildman–Crippen LogP) is 2.48. The van der Waals surface area contributed by atoms with Crippen LogP contribution in [0.3, 0.4) is 0 Å². The lowest BCUT2D eigenvalue weighted by atomic mass is 10.0. The zero-order valence-corrected chi connectivity index (χ0v) is 10.8. The molecule has 2 aliphatic carbocycles.